The van der Waals surface area contributed by atoms with Crippen LogP contribution in [0.2, 0.25) is 0 Å². The first-order valence-corrected chi connectivity index (χ1v) is 23.0. The highest BCUT2D eigenvalue weighted by atomic mass is 19.4. The maximum absolute atomic E-state index is 13.5. The van der Waals surface area contributed by atoms with E-state index in [1.54, 1.807) is 12.3 Å². The average molecular weight is 896 g/mol. The maximum Gasteiger partial charge on any atom is 0.417 e. The van der Waals surface area contributed by atoms with Crippen LogP contribution in [-0.4, -0.2) is 126 Å². The van der Waals surface area contributed by atoms with Gasteiger partial charge in [-0.3, -0.25) is 19.7 Å². The average Bonchev–Trinajstić information content (AvgIpc) is 3.64. The van der Waals surface area contributed by atoms with Crippen molar-refractivity contribution in [1.82, 2.24) is 29.7 Å². The summed E-state index contributed by atoms with van der Waals surface area (Å²) in [6, 6.07) is 12.4. The van der Waals surface area contributed by atoms with Gasteiger partial charge in [0.15, 0.2) is 0 Å². The Hall–Kier alpha value is -5.93. The number of piperazine rings is 1. The van der Waals surface area contributed by atoms with Crippen LogP contribution in [-0.2, 0) is 20.6 Å². The zero-order valence-electron chi connectivity index (χ0n) is 36.5. The monoisotopic (exact) mass is 895 g/mol. The van der Waals surface area contributed by atoms with Crippen LogP contribution in [0.5, 0.6) is 5.88 Å². The minimum absolute atomic E-state index is 0.00261. The van der Waals surface area contributed by atoms with Crippen LogP contribution in [0.15, 0.2) is 54.9 Å². The molecule has 3 N–H and O–H groups in total. The van der Waals surface area contributed by atoms with Gasteiger partial charge < -0.3 is 39.5 Å². The summed E-state index contributed by atoms with van der Waals surface area (Å²) in [7, 11) is 0. The number of carbonyl (C=O) groups excluding carboxylic acids is 3. The predicted molar refractivity (Wildman–Crippen MR) is 240 cm³/mol. The number of rotatable bonds is 10. The minimum atomic E-state index is -4.62. The van der Waals surface area contributed by atoms with Crippen molar-refractivity contribution in [2.24, 2.45) is 17.8 Å². The molecule has 5 aliphatic heterocycles. The van der Waals surface area contributed by atoms with Crippen molar-refractivity contribution in [3.63, 3.8) is 0 Å². The number of alkyl halides is 3. The third-order valence-corrected chi connectivity index (χ3v) is 14.3. The molecule has 65 heavy (non-hydrogen) atoms. The quantitative estimate of drug-likeness (QED) is 0.169. The van der Waals surface area contributed by atoms with Gasteiger partial charge in [-0.2, -0.15) is 18.4 Å². The molecular weight excluding hydrogens is 840 g/mol. The van der Waals surface area contributed by atoms with Gasteiger partial charge in [0.1, 0.15) is 17.7 Å². The Bertz CT molecular complexity index is 2410. The Balaban J connectivity index is 0.663. The maximum atomic E-state index is 13.5. The van der Waals surface area contributed by atoms with E-state index >= 15 is 0 Å². The van der Waals surface area contributed by atoms with Crippen molar-refractivity contribution in [1.29, 1.82) is 5.26 Å². The molecule has 1 unspecified atom stereocenters. The summed E-state index contributed by atoms with van der Waals surface area (Å²) in [5, 5.41) is 25.9. The molecule has 0 spiro atoms. The van der Waals surface area contributed by atoms with Crippen molar-refractivity contribution in [3.8, 4) is 11.9 Å². The summed E-state index contributed by atoms with van der Waals surface area (Å²) < 4.78 is 42.0. The summed E-state index contributed by atoms with van der Waals surface area (Å²) in [6.07, 6.45) is 4.92. The fraction of sp³-hybridized carbons (Fsp3) is 0.532. The van der Waals surface area contributed by atoms with E-state index in [0.717, 1.165) is 109 Å². The number of aromatic nitrogens is 3. The number of nitrogens with zero attached hydrogens (tertiary/aromatic N) is 9. The lowest BCUT2D eigenvalue weighted by Crippen LogP contribution is -2.50. The van der Waals surface area contributed by atoms with E-state index in [2.05, 4.69) is 35.2 Å². The zero-order valence-corrected chi connectivity index (χ0v) is 36.5. The second kappa shape index (κ2) is 18.9. The molecule has 5 saturated heterocycles. The third kappa shape index (κ3) is 10.0. The summed E-state index contributed by atoms with van der Waals surface area (Å²) >= 11 is 0. The van der Waals surface area contributed by atoms with Gasteiger partial charge in [-0.25, -0.2) is 9.97 Å². The first kappa shape index (κ1) is 44.3. The summed E-state index contributed by atoms with van der Waals surface area (Å²) in [6.45, 7) is 11.2. The van der Waals surface area contributed by atoms with Gasteiger partial charge in [0.05, 0.1) is 40.0 Å². The molecule has 5 fully saturated rings. The zero-order chi connectivity index (χ0) is 45.2. The molecule has 0 radical (unpaired) electrons. The number of imide groups is 1. The standard InChI is InChI=1S/C47H56F3N11O4/c48-47(49,50)38-25-35(2-1-34(38)26-51)58-19-13-33(14-20-58)44(63)54-41-6-3-36(27-52-41)59-15-9-31(10-16-59)28-56-21-23-57(24-22-56)29-32-11-17-60(18-12-32)42-7-4-37-39(53-42)30-61(46(37)65)40-5-8-43(62)55-45(40)64/h1-4,6-7,25,27,30-33,40,65H,5,8-24,28-29H2,(H,52,54,63)(H,55,62,64). The van der Waals surface area contributed by atoms with E-state index in [1.807, 2.05) is 35.4 Å². The highest BCUT2D eigenvalue weighted by molar-refractivity contribution is 6.00. The van der Waals surface area contributed by atoms with Gasteiger partial charge in [-0.15, -0.1) is 0 Å². The number of piperidine rings is 4. The topological polar surface area (TPSA) is 166 Å². The van der Waals surface area contributed by atoms with E-state index in [0.29, 0.717) is 66.6 Å². The molecule has 0 saturated carbocycles. The fourth-order valence-corrected chi connectivity index (χ4v) is 10.4. The van der Waals surface area contributed by atoms with Gasteiger partial charge >= 0.3 is 6.18 Å². The number of hydrogen-bond donors (Lipinski definition) is 3. The largest absolute Gasteiger partial charge is 0.494 e. The number of nitriles is 1. The van der Waals surface area contributed by atoms with Crippen LogP contribution in [0.4, 0.5) is 36.2 Å². The van der Waals surface area contributed by atoms with Gasteiger partial charge in [-0.1, -0.05) is 0 Å². The molecule has 3 amide bonds. The highest BCUT2D eigenvalue weighted by Crippen LogP contribution is 2.37. The number of amides is 3. The molecule has 18 heteroatoms. The SMILES string of the molecule is N#Cc1ccc(N2CCC(C(=O)Nc3ccc(N4CCC(CN5CCN(CC6CCN(c7ccc8c(O)n(C9CCC(=O)NC9=O)cc8n7)CC6)CC5)CC4)cn3)CC2)cc1C(F)(F)F. The molecule has 1 aromatic carbocycles. The number of fused-ring (bicyclic) bond motifs is 1. The van der Waals surface area contributed by atoms with Crippen LogP contribution < -0.4 is 25.3 Å². The van der Waals surface area contributed by atoms with E-state index in [1.165, 1.54) is 16.7 Å². The van der Waals surface area contributed by atoms with Crippen LogP contribution in [0.3, 0.4) is 0 Å². The second-order valence-corrected chi connectivity index (χ2v) is 18.4. The number of halogens is 3. The van der Waals surface area contributed by atoms with Crippen molar-refractivity contribution >= 4 is 51.6 Å². The first-order valence-electron chi connectivity index (χ1n) is 23.0. The molecule has 0 bridgehead atoms. The predicted octanol–water partition coefficient (Wildman–Crippen LogP) is 5.61. The second-order valence-electron chi connectivity index (χ2n) is 18.4. The summed E-state index contributed by atoms with van der Waals surface area (Å²) in [5.74, 6) is 1.54. The van der Waals surface area contributed by atoms with Gasteiger partial charge in [-0.05, 0) is 99.2 Å². The Morgan fingerprint density at radius 1 is 0.800 bits per heavy atom. The van der Waals surface area contributed by atoms with E-state index in [9.17, 15) is 32.7 Å². The van der Waals surface area contributed by atoms with Crippen molar-refractivity contribution in [2.75, 3.05) is 98.6 Å². The van der Waals surface area contributed by atoms with Crippen LogP contribution >= 0.6 is 0 Å². The Kier molecular flexibility index (Phi) is 12.9. The molecule has 4 aromatic rings. The number of hydrogen-bond acceptors (Lipinski definition) is 12. The van der Waals surface area contributed by atoms with Gasteiger partial charge in [0.2, 0.25) is 23.6 Å². The lowest BCUT2D eigenvalue weighted by atomic mass is 9.95. The lowest BCUT2D eigenvalue weighted by molar-refractivity contribution is -0.138. The van der Waals surface area contributed by atoms with E-state index < -0.39 is 29.3 Å². The van der Waals surface area contributed by atoms with Crippen molar-refractivity contribution < 1.29 is 32.7 Å². The van der Waals surface area contributed by atoms with Crippen molar-refractivity contribution in [3.05, 3.63) is 66.0 Å². The number of carbonyl (C=O) groups is 3. The number of benzene rings is 1. The smallest absolute Gasteiger partial charge is 0.417 e. The van der Waals surface area contributed by atoms with Crippen LogP contribution in [0.1, 0.15) is 68.5 Å². The lowest BCUT2D eigenvalue weighted by Gasteiger charge is -2.41. The molecule has 5 aliphatic rings. The normalized spacial score (nSPS) is 21.4. The van der Waals surface area contributed by atoms with Crippen molar-refractivity contribution in [2.45, 2.75) is 63.6 Å². The number of anilines is 4. The third-order valence-electron chi connectivity index (χ3n) is 14.3. The van der Waals surface area contributed by atoms with Gasteiger partial charge in [0.25, 0.3) is 0 Å². The Morgan fingerprint density at radius 2 is 1.42 bits per heavy atom. The number of aromatic hydroxyl groups is 1. The molecule has 15 nitrogen and oxygen atoms in total. The Labute approximate surface area is 376 Å². The fourth-order valence-electron chi connectivity index (χ4n) is 10.4. The summed E-state index contributed by atoms with van der Waals surface area (Å²) in [4.78, 5) is 58.4. The molecule has 3 aromatic heterocycles. The molecule has 1 atom stereocenters. The summed E-state index contributed by atoms with van der Waals surface area (Å²) in [5.41, 5.74) is 0.727. The molecule has 9 rings (SSSR count). The highest BCUT2D eigenvalue weighted by Gasteiger charge is 2.36. The van der Waals surface area contributed by atoms with Crippen LogP contribution in [0, 0.1) is 29.1 Å². The van der Waals surface area contributed by atoms with Crippen LogP contribution in [0.25, 0.3) is 10.9 Å². The van der Waals surface area contributed by atoms with E-state index in [-0.39, 0.29) is 30.0 Å². The molecule has 0 aliphatic carbocycles. The first-order chi connectivity index (χ1) is 31.4. The Morgan fingerprint density at radius 3 is 2.02 bits per heavy atom. The minimum Gasteiger partial charge on any atom is -0.494 e. The van der Waals surface area contributed by atoms with E-state index in [4.69, 9.17) is 10.2 Å². The number of nitrogens with one attached hydrogen (secondary N) is 2. The molecular formula is C47H56F3N11O4. The van der Waals surface area contributed by atoms with Gasteiger partial charge in [0, 0.05) is 103 Å². The molecule has 344 valence electrons. The molecule has 8 heterocycles. The number of pyridine rings is 2.